The third-order valence-corrected chi connectivity index (χ3v) is 3.69. The molecule has 0 radical (unpaired) electrons. The second kappa shape index (κ2) is 7.13. The molecule has 0 fully saturated rings. The van der Waals surface area contributed by atoms with E-state index in [0.29, 0.717) is 0 Å². The first-order valence-electron chi connectivity index (χ1n) is 5.84. The summed E-state index contributed by atoms with van der Waals surface area (Å²) in [7, 11) is -1.09. The molecule has 0 spiro atoms. The van der Waals surface area contributed by atoms with Gasteiger partial charge in [-0.25, -0.2) is 4.79 Å². The molecule has 118 valence electrons. The average molecular weight is 343 g/mol. The number of carbonyl (C=O) groups is 1. The number of carbonyl (C=O) groups excluding carboxylic acids is 1. The van der Waals surface area contributed by atoms with Crippen LogP contribution in [0.15, 0.2) is 18.2 Å². The van der Waals surface area contributed by atoms with Crippen LogP contribution in [0.5, 0.6) is 0 Å². The molecule has 0 aliphatic carbocycles. The summed E-state index contributed by atoms with van der Waals surface area (Å²) < 4.78 is 49.0. The fourth-order valence-corrected chi connectivity index (χ4v) is 2.62. The second-order valence-electron chi connectivity index (χ2n) is 4.43. The largest absolute Gasteiger partial charge is 0.417 e. The Morgan fingerprint density at radius 2 is 2.05 bits per heavy atom. The number of nitrogens with one attached hydrogen (secondary N) is 2. The maximum absolute atomic E-state index is 12.7. The first-order chi connectivity index (χ1) is 9.59. The van der Waals surface area contributed by atoms with Crippen LogP contribution in [0, 0.1) is 0 Å². The summed E-state index contributed by atoms with van der Waals surface area (Å²) in [4.78, 5) is 11.6. The molecular weight excluding hydrogens is 329 g/mol. The predicted octanol–water partition coefficient (Wildman–Crippen LogP) is 3.25. The van der Waals surface area contributed by atoms with Gasteiger partial charge in [0.1, 0.15) is 0 Å². The molecule has 0 saturated carbocycles. The molecule has 1 aromatic carbocycles. The molecule has 0 bridgehead atoms. The fraction of sp³-hybridized carbons (Fsp3) is 0.417. The molecule has 2 amide bonds. The molecule has 0 saturated heterocycles. The van der Waals surface area contributed by atoms with Crippen LogP contribution in [0.4, 0.5) is 23.7 Å². The van der Waals surface area contributed by atoms with E-state index in [4.69, 9.17) is 11.6 Å². The smallest absolute Gasteiger partial charge is 0.334 e. The number of hydrogen-bond donors (Lipinski definition) is 2. The van der Waals surface area contributed by atoms with Gasteiger partial charge in [0.05, 0.1) is 10.6 Å². The minimum absolute atomic E-state index is 0.0333. The van der Waals surface area contributed by atoms with Gasteiger partial charge in [-0.1, -0.05) is 11.6 Å². The SMILES string of the molecule is C[C@H](C[S@@](C)=O)NC(=O)Nc1ccc(Cl)c(C(F)(F)F)c1. The number of urea groups is 1. The predicted molar refractivity (Wildman–Crippen MR) is 77.0 cm³/mol. The molecule has 0 aromatic heterocycles. The molecule has 0 aliphatic rings. The lowest BCUT2D eigenvalue weighted by Gasteiger charge is -2.15. The van der Waals surface area contributed by atoms with Gasteiger partial charge in [0.15, 0.2) is 0 Å². The molecule has 21 heavy (non-hydrogen) atoms. The summed E-state index contributed by atoms with van der Waals surface area (Å²) in [6, 6.07) is 2.03. The monoisotopic (exact) mass is 342 g/mol. The molecule has 4 nitrogen and oxygen atoms in total. The quantitative estimate of drug-likeness (QED) is 0.882. The van der Waals surface area contributed by atoms with Crippen molar-refractivity contribution in [2.45, 2.75) is 19.1 Å². The van der Waals surface area contributed by atoms with E-state index in [0.717, 1.165) is 12.1 Å². The Bertz CT molecular complexity index is 552. The van der Waals surface area contributed by atoms with Crippen LogP contribution in [0.1, 0.15) is 12.5 Å². The van der Waals surface area contributed by atoms with Gasteiger partial charge < -0.3 is 10.6 Å². The van der Waals surface area contributed by atoms with Crippen molar-refractivity contribution in [1.29, 1.82) is 0 Å². The molecule has 2 atom stereocenters. The normalized spacial score (nSPS) is 14.4. The van der Waals surface area contributed by atoms with Crippen LogP contribution in [0.2, 0.25) is 5.02 Å². The topological polar surface area (TPSA) is 58.2 Å². The van der Waals surface area contributed by atoms with E-state index in [2.05, 4.69) is 10.6 Å². The Labute approximate surface area is 127 Å². The van der Waals surface area contributed by atoms with Crippen LogP contribution < -0.4 is 10.6 Å². The molecule has 2 N–H and O–H groups in total. The molecule has 0 aliphatic heterocycles. The van der Waals surface area contributed by atoms with E-state index in [-0.39, 0.29) is 17.5 Å². The average Bonchev–Trinajstić information content (AvgIpc) is 2.28. The van der Waals surface area contributed by atoms with Gasteiger partial charge in [0.2, 0.25) is 0 Å². The molecular formula is C12H14ClF3N2O2S. The Morgan fingerprint density at radius 3 is 2.57 bits per heavy atom. The van der Waals surface area contributed by atoms with E-state index in [1.165, 1.54) is 12.3 Å². The van der Waals surface area contributed by atoms with Crippen molar-refractivity contribution >= 4 is 34.1 Å². The van der Waals surface area contributed by atoms with Crippen LogP contribution in [-0.2, 0) is 17.0 Å². The number of anilines is 1. The highest BCUT2D eigenvalue weighted by molar-refractivity contribution is 7.84. The number of benzene rings is 1. The third kappa shape index (κ3) is 5.92. The fourth-order valence-electron chi connectivity index (χ4n) is 1.60. The van der Waals surface area contributed by atoms with Crippen molar-refractivity contribution in [3.63, 3.8) is 0 Å². The number of hydrogen-bond acceptors (Lipinski definition) is 2. The molecule has 0 heterocycles. The van der Waals surface area contributed by atoms with Gasteiger partial charge in [-0.2, -0.15) is 13.2 Å². The zero-order valence-electron chi connectivity index (χ0n) is 11.3. The summed E-state index contributed by atoms with van der Waals surface area (Å²) in [5.41, 5.74) is -1.06. The van der Waals surface area contributed by atoms with E-state index >= 15 is 0 Å². The minimum atomic E-state index is -4.60. The number of amides is 2. The van der Waals surface area contributed by atoms with Crippen molar-refractivity contribution in [3.8, 4) is 0 Å². The van der Waals surface area contributed by atoms with Crippen molar-refractivity contribution in [2.24, 2.45) is 0 Å². The van der Waals surface area contributed by atoms with Crippen molar-refractivity contribution in [3.05, 3.63) is 28.8 Å². The van der Waals surface area contributed by atoms with E-state index in [1.54, 1.807) is 6.92 Å². The molecule has 0 unspecified atom stereocenters. The lowest BCUT2D eigenvalue weighted by atomic mass is 10.2. The molecule has 1 rings (SSSR count). The number of rotatable bonds is 4. The van der Waals surface area contributed by atoms with Crippen LogP contribution in [0.3, 0.4) is 0 Å². The van der Waals surface area contributed by atoms with Crippen molar-refractivity contribution < 1.29 is 22.2 Å². The minimum Gasteiger partial charge on any atom is -0.334 e. The van der Waals surface area contributed by atoms with E-state index in [9.17, 15) is 22.2 Å². The molecule has 1 aromatic rings. The second-order valence-corrected chi connectivity index (χ2v) is 6.32. The summed E-state index contributed by atoms with van der Waals surface area (Å²) in [5.74, 6) is 0.252. The van der Waals surface area contributed by atoms with Crippen LogP contribution >= 0.6 is 11.6 Å². The summed E-state index contributed by atoms with van der Waals surface area (Å²) in [6.07, 6.45) is -3.11. The first kappa shape index (κ1) is 17.8. The lowest BCUT2D eigenvalue weighted by Crippen LogP contribution is -2.39. The Balaban J connectivity index is 2.75. The van der Waals surface area contributed by atoms with E-state index < -0.39 is 33.6 Å². The lowest BCUT2D eigenvalue weighted by molar-refractivity contribution is -0.137. The van der Waals surface area contributed by atoms with Gasteiger partial charge in [-0.3, -0.25) is 4.21 Å². The van der Waals surface area contributed by atoms with Crippen LogP contribution in [-0.4, -0.2) is 28.3 Å². The highest BCUT2D eigenvalue weighted by Gasteiger charge is 2.33. The Hall–Kier alpha value is -1.28. The van der Waals surface area contributed by atoms with Gasteiger partial charge in [-0.15, -0.1) is 0 Å². The number of halogens is 4. The zero-order valence-corrected chi connectivity index (χ0v) is 12.8. The highest BCUT2D eigenvalue weighted by atomic mass is 35.5. The first-order valence-corrected chi connectivity index (χ1v) is 7.94. The van der Waals surface area contributed by atoms with Crippen molar-refractivity contribution in [1.82, 2.24) is 5.32 Å². The van der Waals surface area contributed by atoms with Gasteiger partial charge >= 0.3 is 12.2 Å². The van der Waals surface area contributed by atoms with Gasteiger partial charge in [0.25, 0.3) is 0 Å². The standard InChI is InChI=1S/C12H14ClF3N2O2S/c1-7(6-21(2)20)17-11(19)18-8-3-4-10(13)9(5-8)12(14,15)16/h3-5,7H,6H2,1-2H3,(H2,17,18,19)/t7-,21-/m1/s1. The Morgan fingerprint density at radius 1 is 1.43 bits per heavy atom. The van der Waals surface area contributed by atoms with Crippen LogP contribution in [0.25, 0.3) is 0 Å². The summed E-state index contributed by atoms with van der Waals surface area (Å²) in [6.45, 7) is 1.64. The number of alkyl halides is 3. The van der Waals surface area contributed by atoms with Gasteiger partial charge in [-0.05, 0) is 25.1 Å². The zero-order chi connectivity index (χ0) is 16.2. The van der Waals surface area contributed by atoms with E-state index in [1.807, 2.05) is 0 Å². The summed E-state index contributed by atoms with van der Waals surface area (Å²) in [5, 5.41) is 4.31. The Kier molecular flexibility index (Phi) is 6.03. The highest BCUT2D eigenvalue weighted by Crippen LogP contribution is 2.36. The van der Waals surface area contributed by atoms with Gasteiger partial charge in [0, 0.05) is 34.5 Å². The summed E-state index contributed by atoms with van der Waals surface area (Å²) >= 11 is 5.48. The molecule has 9 heteroatoms. The third-order valence-electron chi connectivity index (χ3n) is 2.39. The van der Waals surface area contributed by atoms with Crippen molar-refractivity contribution in [2.75, 3.05) is 17.3 Å². The maximum atomic E-state index is 12.7. The maximum Gasteiger partial charge on any atom is 0.417 e.